The molecule has 0 spiro atoms. The first-order chi connectivity index (χ1) is 11.7. The number of ether oxygens (including phenoxy) is 2. The molecule has 0 amide bonds. The summed E-state index contributed by atoms with van der Waals surface area (Å²) in [5.41, 5.74) is 3.76. The van der Waals surface area contributed by atoms with E-state index in [2.05, 4.69) is 0 Å². The first kappa shape index (κ1) is 16.1. The average Bonchev–Trinajstić information content (AvgIpc) is 2.96. The largest absolute Gasteiger partial charge is 0.497 e. The highest BCUT2D eigenvalue weighted by Crippen LogP contribution is 2.30. The van der Waals surface area contributed by atoms with Gasteiger partial charge in [0.05, 0.1) is 14.2 Å². The summed E-state index contributed by atoms with van der Waals surface area (Å²) in [5.74, 6) is 1.77. The van der Waals surface area contributed by atoms with Gasteiger partial charge in [-0.1, -0.05) is 24.3 Å². The molecule has 1 saturated carbocycles. The number of hydrogen-bond acceptors (Lipinski definition) is 3. The Hall–Kier alpha value is -2.81. The molecule has 0 saturated heterocycles. The second kappa shape index (κ2) is 7.18. The van der Waals surface area contributed by atoms with E-state index in [1.165, 1.54) is 0 Å². The van der Waals surface area contributed by atoms with Crippen molar-refractivity contribution in [2.75, 3.05) is 14.2 Å². The van der Waals surface area contributed by atoms with Crippen LogP contribution in [0.5, 0.6) is 11.5 Å². The van der Waals surface area contributed by atoms with Crippen LogP contribution in [0.2, 0.25) is 0 Å². The van der Waals surface area contributed by atoms with Crippen molar-refractivity contribution >= 4 is 17.9 Å². The van der Waals surface area contributed by atoms with Gasteiger partial charge in [0.1, 0.15) is 11.5 Å². The molecular weight excluding hydrogens is 300 g/mol. The van der Waals surface area contributed by atoms with Gasteiger partial charge < -0.3 is 9.47 Å². The molecule has 3 nitrogen and oxygen atoms in total. The first-order valence-electron chi connectivity index (χ1n) is 7.93. The predicted octanol–water partition coefficient (Wildman–Crippen LogP) is 4.53. The van der Waals surface area contributed by atoms with Gasteiger partial charge in [0, 0.05) is 11.1 Å². The molecule has 0 aromatic heterocycles. The number of ketones is 1. The molecule has 1 fully saturated rings. The summed E-state index contributed by atoms with van der Waals surface area (Å²) in [5, 5.41) is 0. The van der Waals surface area contributed by atoms with Crippen LogP contribution < -0.4 is 9.47 Å². The van der Waals surface area contributed by atoms with Crippen molar-refractivity contribution in [1.29, 1.82) is 0 Å². The summed E-state index contributed by atoms with van der Waals surface area (Å²) in [7, 11) is 3.29. The molecule has 0 unspecified atom stereocenters. The fraction of sp³-hybridized carbons (Fsp3) is 0.190. The van der Waals surface area contributed by atoms with Crippen molar-refractivity contribution < 1.29 is 14.3 Å². The van der Waals surface area contributed by atoms with Gasteiger partial charge in [-0.2, -0.15) is 0 Å². The molecule has 0 aliphatic heterocycles. The molecule has 0 N–H and O–H groups in total. The monoisotopic (exact) mass is 320 g/mol. The molecule has 0 atom stereocenters. The molecule has 3 rings (SSSR count). The van der Waals surface area contributed by atoms with Crippen molar-refractivity contribution in [3.63, 3.8) is 0 Å². The molecule has 2 aromatic carbocycles. The highest BCUT2D eigenvalue weighted by atomic mass is 16.5. The number of benzene rings is 2. The van der Waals surface area contributed by atoms with E-state index < -0.39 is 0 Å². The van der Waals surface area contributed by atoms with Gasteiger partial charge in [-0.15, -0.1) is 0 Å². The lowest BCUT2D eigenvalue weighted by molar-refractivity contribution is -0.111. The third-order valence-electron chi connectivity index (χ3n) is 4.16. The first-order valence-corrected chi connectivity index (χ1v) is 7.93. The number of methoxy groups -OCH3 is 2. The number of rotatable bonds is 4. The van der Waals surface area contributed by atoms with E-state index in [9.17, 15) is 4.79 Å². The molecule has 1 aliphatic rings. The van der Waals surface area contributed by atoms with E-state index in [0.717, 1.165) is 46.6 Å². The Kier molecular flexibility index (Phi) is 4.80. The van der Waals surface area contributed by atoms with E-state index in [-0.39, 0.29) is 5.78 Å². The van der Waals surface area contributed by atoms with Crippen LogP contribution in [0.25, 0.3) is 12.2 Å². The second-order valence-corrected chi connectivity index (χ2v) is 5.71. The van der Waals surface area contributed by atoms with E-state index in [4.69, 9.17) is 9.47 Å². The lowest BCUT2D eigenvalue weighted by Gasteiger charge is -2.01. The van der Waals surface area contributed by atoms with Crippen LogP contribution in [0.15, 0.2) is 59.7 Å². The summed E-state index contributed by atoms with van der Waals surface area (Å²) < 4.78 is 10.3. The fourth-order valence-corrected chi connectivity index (χ4v) is 2.78. The third kappa shape index (κ3) is 3.57. The Morgan fingerprint density at radius 3 is 1.42 bits per heavy atom. The van der Waals surface area contributed by atoms with Crippen LogP contribution in [-0.4, -0.2) is 20.0 Å². The van der Waals surface area contributed by atoms with Crippen molar-refractivity contribution in [3.05, 3.63) is 70.8 Å². The summed E-state index contributed by atoms with van der Waals surface area (Å²) >= 11 is 0. The standard InChI is InChI=1S/C21H20O3/c1-23-19-9-3-15(4-10-19)13-17-7-8-18(21(17)22)14-16-5-11-20(24-2)12-6-16/h3-6,9-14H,7-8H2,1-2H3/b17-13-,18-14+. The Balaban J connectivity index is 1.78. The van der Waals surface area contributed by atoms with Gasteiger partial charge in [-0.3, -0.25) is 4.79 Å². The van der Waals surface area contributed by atoms with Crippen LogP contribution in [-0.2, 0) is 4.79 Å². The number of Topliss-reactive ketones (excluding diaryl/α,β-unsaturated/α-hetero) is 1. The van der Waals surface area contributed by atoms with E-state index >= 15 is 0 Å². The quantitative estimate of drug-likeness (QED) is 0.776. The minimum Gasteiger partial charge on any atom is -0.497 e. The predicted molar refractivity (Wildman–Crippen MR) is 96.2 cm³/mol. The summed E-state index contributed by atoms with van der Waals surface area (Å²) in [6.07, 6.45) is 5.51. The number of allylic oxidation sites excluding steroid dienone is 2. The molecule has 3 heteroatoms. The van der Waals surface area contributed by atoms with E-state index in [0.29, 0.717) is 0 Å². The molecule has 122 valence electrons. The molecule has 0 heterocycles. The Morgan fingerprint density at radius 2 is 1.08 bits per heavy atom. The summed E-state index contributed by atoms with van der Waals surface area (Å²) in [4.78, 5) is 12.6. The lowest BCUT2D eigenvalue weighted by atomic mass is 10.1. The Bertz CT molecular complexity index is 713. The van der Waals surface area contributed by atoms with Crippen LogP contribution in [0.4, 0.5) is 0 Å². The highest BCUT2D eigenvalue weighted by Gasteiger charge is 2.22. The average molecular weight is 320 g/mol. The van der Waals surface area contributed by atoms with E-state index in [1.54, 1.807) is 14.2 Å². The van der Waals surface area contributed by atoms with Crippen LogP contribution in [0.3, 0.4) is 0 Å². The number of hydrogen-bond donors (Lipinski definition) is 0. The Labute approximate surface area is 142 Å². The van der Waals surface area contributed by atoms with Gasteiger partial charge in [0.15, 0.2) is 5.78 Å². The molecule has 0 bridgehead atoms. The third-order valence-corrected chi connectivity index (χ3v) is 4.16. The maximum absolute atomic E-state index is 12.6. The molecule has 0 radical (unpaired) electrons. The molecular formula is C21H20O3. The molecule has 1 aliphatic carbocycles. The van der Waals surface area contributed by atoms with Gasteiger partial charge in [-0.05, 0) is 60.4 Å². The molecule has 2 aromatic rings. The van der Waals surface area contributed by atoms with Gasteiger partial charge >= 0.3 is 0 Å². The minimum atomic E-state index is 0.140. The van der Waals surface area contributed by atoms with Gasteiger partial charge in [0.25, 0.3) is 0 Å². The SMILES string of the molecule is COc1ccc(/C=C2/CC/C(=C\c3ccc(OC)cc3)C2=O)cc1. The second-order valence-electron chi connectivity index (χ2n) is 5.71. The highest BCUT2D eigenvalue weighted by molar-refractivity contribution is 6.15. The van der Waals surface area contributed by atoms with E-state index in [1.807, 2.05) is 60.7 Å². The zero-order chi connectivity index (χ0) is 16.9. The zero-order valence-corrected chi connectivity index (χ0v) is 13.9. The maximum atomic E-state index is 12.6. The number of carbonyl (C=O) groups excluding carboxylic acids is 1. The maximum Gasteiger partial charge on any atom is 0.185 e. The molecule has 24 heavy (non-hydrogen) atoms. The van der Waals surface area contributed by atoms with Crippen LogP contribution in [0, 0.1) is 0 Å². The normalized spacial score (nSPS) is 17.5. The van der Waals surface area contributed by atoms with Crippen molar-refractivity contribution in [1.82, 2.24) is 0 Å². The van der Waals surface area contributed by atoms with Crippen molar-refractivity contribution in [2.24, 2.45) is 0 Å². The van der Waals surface area contributed by atoms with Crippen molar-refractivity contribution in [3.8, 4) is 11.5 Å². The van der Waals surface area contributed by atoms with Gasteiger partial charge in [-0.25, -0.2) is 0 Å². The fourth-order valence-electron chi connectivity index (χ4n) is 2.78. The zero-order valence-electron chi connectivity index (χ0n) is 13.9. The lowest BCUT2D eigenvalue weighted by Crippen LogP contribution is -1.95. The smallest absolute Gasteiger partial charge is 0.185 e. The summed E-state index contributed by atoms with van der Waals surface area (Å²) in [6.45, 7) is 0. The van der Waals surface area contributed by atoms with Crippen LogP contribution in [0.1, 0.15) is 24.0 Å². The summed E-state index contributed by atoms with van der Waals surface area (Å²) in [6, 6.07) is 15.5. The van der Waals surface area contributed by atoms with Crippen molar-refractivity contribution in [2.45, 2.75) is 12.8 Å². The Morgan fingerprint density at radius 1 is 0.708 bits per heavy atom. The topological polar surface area (TPSA) is 35.5 Å². The van der Waals surface area contributed by atoms with Gasteiger partial charge in [0.2, 0.25) is 0 Å². The number of carbonyl (C=O) groups is 1. The van der Waals surface area contributed by atoms with Crippen LogP contribution >= 0.6 is 0 Å². The minimum absolute atomic E-state index is 0.140.